The lowest BCUT2D eigenvalue weighted by Gasteiger charge is -2.14. The number of ether oxygens (including phenoxy) is 1. The van der Waals surface area contributed by atoms with Crippen molar-refractivity contribution >= 4 is 28.7 Å². The minimum Gasteiger partial charge on any atom is -0.390 e. The summed E-state index contributed by atoms with van der Waals surface area (Å²) in [6, 6.07) is 0. The van der Waals surface area contributed by atoms with Gasteiger partial charge in [-0.2, -0.15) is 11.8 Å². The minimum atomic E-state index is -0.464. The summed E-state index contributed by atoms with van der Waals surface area (Å²) in [5.41, 5.74) is 6.95. The Balaban J connectivity index is 1.91. The fourth-order valence-corrected chi connectivity index (χ4v) is 2.91. The Labute approximate surface area is 114 Å². The summed E-state index contributed by atoms with van der Waals surface area (Å²) in [5, 5.41) is 9.99. The molecule has 0 bridgehead atoms. The first-order valence-corrected chi connectivity index (χ1v) is 7.35. The fourth-order valence-electron chi connectivity index (χ4n) is 2.28. The van der Waals surface area contributed by atoms with Crippen molar-refractivity contribution in [1.29, 1.82) is 0 Å². The van der Waals surface area contributed by atoms with Crippen LogP contribution in [-0.2, 0) is 4.74 Å². The topological polar surface area (TPSA) is 99.1 Å². The number of nitrogens with two attached hydrogens (primary N) is 1. The molecule has 1 saturated heterocycles. The third-order valence-electron chi connectivity index (χ3n) is 3.23. The van der Waals surface area contributed by atoms with Gasteiger partial charge in [-0.3, -0.25) is 4.57 Å². The van der Waals surface area contributed by atoms with Crippen molar-refractivity contribution in [3.63, 3.8) is 0 Å². The van der Waals surface area contributed by atoms with E-state index in [0.29, 0.717) is 23.4 Å². The second-order valence-corrected chi connectivity index (χ2v) is 5.38. The van der Waals surface area contributed by atoms with Gasteiger partial charge in [-0.05, 0) is 6.26 Å². The van der Waals surface area contributed by atoms with Crippen molar-refractivity contribution in [3.05, 3.63) is 12.7 Å². The number of imidazole rings is 1. The molecule has 102 valence electrons. The van der Waals surface area contributed by atoms with E-state index < -0.39 is 6.10 Å². The molecule has 1 fully saturated rings. The normalized spacial score (nSPS) is 27.2. The molecular weight excluding hydrogens is 266 g/mol. The molecule has 0 radical (unpaired) electrons. The third kappa shape index (κ3) is 2.15. The van der Waals surface area contributed by atoms with Gasteiger partial charge in [-0.1, -0.05) is 0 Å². The molecule has 3 N–H and O–H groups in total. The maximum absolute atomic E-state index is 9.99. The van der Waals surface area contributed by atoms with E-state index in [4.69, 9.17) is 10.5 Å². The highest BCUT2D eigenvalue weighted by atomic mass is 32.2. The molecule has 0 aliphatic carbocycles. The Morgan fingerprint density at radius 2 is 2.37 bits per heavy atom. The Hall–Kier alpha value is -1.38. The summed E-state index contributed by atoms with van der Waals surface area (Å²) in [6.07, 6.45) is 4.68. The molecule has 0 aromatic carbocycles. The number of fused-ring (bicyclic) bond motifs is 1. The van der Waals surface area contributed by atoms with E-state index in [0.717, 1.165) is 5.75 Å². The summed E-state index contributed by atoms with van der Waals surface area (Å²) in [5.74, 6) is 1.12. The molecule has 3 atom stereocenters. The smallest absolute Gasteiger partial charge is 0.167 e. The number of aromatic nitrogens is 4. The molecule has 2 aromatic rings. The monoisotopic (exact) mass is 281 g/mol. The molecule has 2 unspecified atom stereocenters. The number of hydrogen-bond acceptors (Lipinski definition) is 7. The molecule has 19 heavy (non-hydrogen) atoms. The number of anilines is 1. The second-order valence-electron chi connectivity index (χ2n) is 4.47. The molecular formula is C11H15N5O2S. The first-order valence-electron chi connectivity index (χ1n) is 5.96. The predicted octanol–water partition coefficient (Wildman–Crippen LogP) is 0.420. The van der Waals surface area contributed by atoms with Gasteiger partial charge in [0.1, 0.15) is 18.1 Å². The van der Waals surface area contributed by atoms with Crippen molar-refractivity contribution in [2.45, 2.75) is 24.9 Å². The van der Waals surface area contributed by atoms with Gasteiger partial charge in [0.25, 0.3) is 0 Å². The van der Waals surface area contributed by atoms with Crippen molar-refractivity contribution < 1.29 is 9.84 Å². The molecule has 1 aliphatic heterocycles. The molecule has 0 spiro atoms. The molecule has 2 aromatic heterocycles. The van der Waals surface area contributed by atoms with Gasteiger partial charge < -0.3 is 15.6 Å². The average Bonchev–Trinajstić information content (AvgIpc) is 2.95. The first-order chi connectivity index (χ1) is 9.20. The van der Waals surface area contributed by atoms with Gasteiger partial charge >= 0.3 is 0 Å². The van der Waals surface area contributed by atoms with Crippen molar-refractivity contribution in [2.75, 3.05) is 17.7 Å². The Kier molecular flexibility index (Phi) is 3.29. The van der Waals surface area contributed by atoms with E-state index in [9.17, 15) is 5.11 Å². The molecule has 1 aliphatic rings. The molecule has 7 nitrogen and oxygen atoms in total. The third-order valence-corrected chi connectivity index (χ3v) is 3.89. The number of hydrogen-bond donors (Lipinski definition) is 2. The van der Waals surface area contributed by atoms with Crippen LogP contribution in [0.5, 0.6) is 0 Å². The van der Waals surface area contributed by atoms with E-state index >= 15 is 0 Å². The average molecular weight is 281 g/mol. The van der Waals surface area contributed by atoms with Crippen LogP contribution in [0.2, 0.25) is 0 Å². The van der Waals surface area contributed by atoms with E-state index in [1.54, 1.807) is 22.7 Å². The highest BCUT2D eigenvalue weighted by molar-refractivity contribution is 7.98. The number of nitrogens with zero attached hydrogens (tertiary/aromatic N) is 4. The molecule has 3 heterocycles. The minimum absolute atomic E-state index is 0.156. The van der Waals surface area contributed by atoms with Gasteiger partial charge in [0.05, 0.1) is 18.5 Å². The Bertz CT molecular complexity index is 589. The van der Waals surface area contributed by atoms with E-state index in [1.165, 1.54) is 6.33 Å². The molecule has 0 saturated carbocycles. The highest BCUT2D eigenvalue weighted by Gasteiger charge is 2.35. The van der Waals surface area contributed by atoms with Crippen LogP contribution < -0.4 is 5.73 Å². The van der Waals surface area contributed by atoms with Crippen LogP contribution in [0.1, 0.15) is 12.6 Å². The van der Waals surface area contributed by atoms with Crippen LogP contribution in [0.4, 0.5) is 5.82 Å². The molecule has 0 amide bonds. The fraction of sp³-hybridized carbons (Fsp3) is 0.545. The van der Waals surface area contributed by atoms with Gasteiger partial charge in [0.15, 0.2) is 11.5 Å². The summed E-state index contributed by atoms with van der Waals surface area (Å²) >= 11 is 1.65. The summed E-state index contributed by atoms with van der Waals surface area (Å²) in [4.78, 5) is 12.3. The number of aliphatic hydroxyl groups excluding tert-OH is 1. The van der Waals surface area contributed by atoms with Crippen molar-refractivity contribution in [2.24, 2.45) is 0 Å². The standard InChI is InChI=1S/C11H15N5O2S/c1-19-3-7-6(17)2-8(18-7)16-5-15-9-10(12)13-4-14-11(9)16/h4-8,17H,2-3H2,1H3,(H2,12,13,14)/t6-,7?,8?/m0/s1. The van der Waals surface area contributed by atoms with Crippen LogP contribution in [-0.4, -0.2) is 48.8 Å². The SMILES string of the molecule is CSCC1OC(n2cnc3c(N)ncnc32)C[C@@H]1O. The van der Waals surface area contributed by atoms with Crippen LogP contribution in [0, 0.1) is 0 Å². The summed E-state index contributed by atoms with van der Waals surface area (Å²) in [7, 11) is 0. The van der Waals surface area contributed by atoms with E-state index in [-0.39, 0.29) is 12.3 Å². The van der Waals surface area contributed by atoms with Crippen molar-refractivity contribution in [1.82, 2.24) is 19.5 Å². The molecule has 8 heteroatoms. The van der Waals surface area contributed by atoms with Crippen LogP contribution in [0.25, 0.3) is 11.2 Å². The summed E-state index contributed by atoms with van der Waals surface area (Å²) < 4.78 is 7.66. The number of thioether (sulfide) groups is 1. The Morgan fingerprint density at radius 1 is 1.53 bits per heavy atom. The van der Waals surface area contributed by atoms with Gasteiger partial charge in [0, 0.05) is 12.2 Å². The lowest BCUT2D eigenvalue weighted by molar-refractivity contribution is -0.00368. The zero-order valence-corrected chi connectivity index (χ0v) is 11.2. The van der Waals surface area contributed by atoms with E-state index in [2.05, 4.69) is 15.0 Å². The van der Waals surface area contributed by atoms with Gasteiger partial charge in [-0.25, -0.2) is 15.0 Å². The van der Waals surface area contributed by atoms with E-state index in [1.807, 2.05) is 6.26 Å². The predicted molar refractivity (Wildman–Crippen MR) is 72.7 cm³/mol. The Morgan fingerprint density at radius 3 is 3.16 bits per heavy atom. The van der Waals surface area contributed by atoms with Gasteiger partial charge in [0.2, 0.25) is 0 Å². The quantitative estimate of drug-likeness (QED) is 0.841. The largest absolute Gasteiger partial charge is 0.390 e. The van der Waals surface area contributed by atoms with Crippen LogP contribution in [0.15, 0.2) is 12.7 Å². The number of nitrogen functional groups attached to an aromatic ring is 1. The van der Waals surface area contributed by atoms with Crippen molar-refractivity contribution in [3.8, 4) is 0 Å². The lowest BCUT2D eigenvalue weighted by atomic mass is 10.2. The molecule has 3 rings (SSSR count). The zero-order valence-electron chi connectivity index (χ0n) is 10.4. The zero-order chi connectivity index (χ0) is 13.4. The first kappa shape index (κ1) is 12.6. The van der Waals surface area contributed by atoms with Gasteiger partial charge in [-0.15, -0.1) is 0 Å². The second kappa shape index (κ2) is 4.95. The maximum atomic E-state index is 9.99. The number of rotatable bonds is 3. The van der Waals surface area contributed by atoms with Crippen LogP contribution in [0.3, 0.4) is 0 Å². The maximum Gasteiger partial charge on any atom is 0.167 e. The highest BCUT2D eigenvalue weighted by Crippen LogP contribution is 2.32. The van der Waals surface area contributed by atoms with Crippen LogP contribution >= 0.6 is 11.8 Å². The number of aliphatic hydroxyl groups is 1. The summed E-state index contributed by atoms with van der Waals surface area (Å²) in [6.45, 7) is 0. The lowest BCUT2D eigenvalue weighted by Crippen LogP contribution is -2.23.